The Morgan fingerprint density at radius 3 is 2.25 bits per heavy atom. The van der Waals surface area contributed by atoms with Crippen molar-refractivity contribution in [3.63, 3.8) is 0 Å². The summed E-state index contributed by atoms with van der Waals surface area (Å²) in [6.45, 7) is 5.91. The van der Waals surface area contributed by atoms with Crippen LogP contribution in [0.3, 0.4) is 0 Å². The number of hydrogen-bond donors (Lipinski definition) is 0. The summed E-state index contributed by atoms with van der Waals surface area (Å²) in [4.78, 5) is 25.6. The number of hydrogen-bond acceptors (Lipinski definition) is 7. The van der Waals surface area contributed by atoms with Gasteiger partial charge in [-0.3, -0.25) is 0 Å². The number of nitrogens with zero attached hydrogens (tertiary/aromatic N) is 2. The predicted molar refractivity (Wildman–Crippen MR) is 119 cm³/mol. The minimum absolute atomic E-state index is 0.0448. The van der Waals surface area contributed by atoms with Gasteiger partial charge in [0.1, 0.15) is 17.9 Å². The van der Waals surface area contributed by atoms with Gasteiger partial charge < -0.3 is 18.9 Å². The second-order valence-corrected chi connectivity index (χ2v) is 6.89. The summed E-state index contributed by atoms with van der Waals surface area (Å²) < 4.78 is 22.7. The molecule has 3 rings (SSSR count). The fourth-order valence-corrected chi connectivity index (χ4v) is 3.15. The van der Waals surface area contributed by atoms with Gasteiger partial charge in [-0.05, 0) is 36.8 Å². The second-order valence-electron chi connectivity index (χ2n) is 6.89. The fraction of sp³-hybridized carbons (Fsp3) is 0.208. The zero-order valence-electron chi connectivity index (χ0n) is 18.4. The van der Waals surface area contributed by atoms with Crippen molar-refractivity contribution < 1.29 is 28.5 Å². The van der Waals surface area contributed by atoms with E-state index in [1.54, 1.807) is 42.5 Å². The smallest absolute Gasteiger partial charge is 0.357 e. The number of methoxy groups -OCH3 is 3. The van der Waals surface area contributed by atoms with Gasteiger partial charge in [0.2, 0.25) is 0 Å². The molecule has 0 aliphatic heterocycles. The lowest BCUT2D eigenvalue weighted by Crippen LogP contribution is -2.15. The zero-order valence-corrected chi connectivity index (χ0v) is 18.4. The van der Waals surface area contributed by atoms with Crippen LogP contribution in [0.2, 0.25) is 0 Å². The molecule has 0 unspecified atom stereocenters. The van der Waals surface area contributed by atoms with E-state index in [0.717, 1.165) is 5.57 Å². The van der Waals surface area contributed by atoms with Crippen LogP contribution in [0, 0.1) is 0 Å². The molecule has 3 aromatic rings. The summed E-state index contributed by atoms with van der Waals surface area (Å²) in [6, 6.07) is 14.1. The van der Waals surface area contributed by atoms with Crippen molar-refractivity contribution in [2.45, 2.75) is 6.92 Å². The quantitative estimate of drug-likeness (QED) is 0.388. The average molecular weight is 436 g/mol. The lowest BCUT2D eigenvalue weighted by atomic mass is 10.0. The lowest BCUT2D eigenvalue weighted by Gasteiger charge is -2.14. The molecule has 0 saturated heterocycles. The third-order valence-electron chi connectivity index (χ3n) is 4.57. The van der Waals surface area contributed by atoms with Crippen LogP contribution >= 0.6 is 0 Å². The maximum absolute atomic E-state index is 12.9. The molecule has 0 radical (unpaired) electrons. The minimum atomic E-state index is -0.740. The van der Waals surface area contributed by atoms with Crippen molar-refractivity contribution in [3.05, 3.63) is 71.9 Å². The standard InChI is InChI=1S/C24H24N2O6/c1-15(2)14-32-22-17(12-9-13-18(22)29-3)20-19(23(27)30-4)21(24(28)31-5)26(25-20)16-10-7-6-8-11-16/h6-13H,1,14H2,2-5H3. The number of aromatic nitrogens is 2. The molecule has 0 atom stereocenters. The summed E-state index contributed by atoms with van der Waals surface area (Å²) in [6.07, 6.45) is 0. The molecule has 0 spiro atoms. The molecule has 0 fully saturated rings. The Balaban J connectivity index is 2.37. The topological polar surface area (TPSA) is 88.9 Å². The average Bonchev–Trinajstić information content (AvgIpc) is 3.22. The molecular weight excluding hydrogens is 412 g/mol. The Hall–Kier alpha value is -4.07. The number of ether oxygens (including phenoxy) is 4. The van der Waals surface area contributed by atoms with E-state index in [-0.39, 0.29) is 23.6 Å². The largest absolute Gasteiger partial charge is 0.493 e. The van der Waals surface area contributed by atoms with Crippen molar-refractivity contribution in [2.75, 3.05) is 27.9 Å². The first-order chi connectivity index (χ1) is 15.4. The fourth-order valence-electron chi connectivity index (χ4n) is 3.15. The van der Waals surface area contributed by atoms with Crippen LogP contribution in [0.25, 0.3) is 16.9 Å². The highest BCUT2D eigenvalue weighted by Crippen LogP contribution is 2.40. The predicted octanol–water partition coefficient (Wildman–Crippen LogP) is 4.08. The number of benzene rings is 2. The molecule has 32 heavy (non-hydrogen) atoms. The third-order valence-corrected chi connectivity index (χ3v) is 4.57. The van der Waals surface area contributed by atoms with Crippen molar-refractivity contribution in [3.8, 4) is 28.4 Å². The van der Waals surface area contributed by atoms with Crippen LogP contribution in [-0.4, -0.2) is 49.7 Å². The summed E-state index contributed by atoms with van der Waals surface area (Å²) in [5, 5.41) is 4.61. The van der Waals surface area contributed by atoms with Crippen LogP contribution in [0.5, 0.6) is 11.5 Å². The number of esters is 2. The van der Waals surface area contributed by atoms with Gasteiger partial charge in [-0.15, -0.1) is 0 Å². The summed E-state index contributed by atoms with van der Waals surface area (Å²) in [7, 11) is 3.98. The van der Waals surface area contributed by atoms with E-state index in [2.05, 4.69) is 11.7 Å². The Labute approximate surface area is 186 Å². The Kier molecular flexibility index (Phi) is 6.94. The summed E-state index contributed by atoms with van der Waals surface area (Å²) >= 11 is 0. The van der Waals surface area contributed by atoms with Gasteiger partial charge in [-0.25, -0.2) is 14.3 Å². The summed E-state index contributed by atoms with van der Waals surface area (Å²) in [5.74, 6) is -0.678. The van der Waals surface area contributed by atoms with Gasteiger partial charge in [0.15, 0.2) is 17.2 Å². The van der Waals surface area contributed by atoms with Crippen molar-refractivity contribution in [1.82, 2.24) is 9.78 Å². The maximum atomic E-state index is 12.9. The van der Waals surface area contributed by atoms with E-state index < -0.39 is 11.9 Å². The Morgan fingerprint density at radius 1 is 0.969 bits per heavy atom. The molecule has 1 heterocycles. The number of rotatable bonds is 8. The highest BCUT2D eigenvalue weighted by molar-refractivity contribution is 6.07. The monoisotopic (exact) mass is 436 g/mol. The molecular formula is C24H24N2O6. The number of carbonyl (C=O) groups is 2. The first-order valence-electron chi connectivity index (χ1n) is 9.72. The van der Waals surface area contributed by atoms with Crippen LogP contribution in [-0.2, 0) is 9.47 Å². The summed E-state index contributed by atoms with van der Waals surface area (Å²) in [5.41, 5.74) is 1.89. The zero-order chi connectivity index (χ0) is 23.3. The molecule has 2 aromatic carbocycles. The Morgan fingerprint density at radius 2 is 1.66 bits per heavy atom. The van der Waals surface area contributed by atoms with Crippen LogP contribution in [0.1, 0.15) is 27.8 Å². The Bertz CT molecular complexity index is 1150. The van der Waals surface area contributed by atoms with E-state index in [1.807, 2.05) is 13.0 Å². The van der Waals surface area contributed by atoms with Gasteiger partial charge >= 0.3 is 11.9 Å². The molecule has 166 valence electrons. The molecule has 8 nitrogen and oxygen atoms in total. The molecule has 0 aliphatic carbocycles. The van der Waals surface area contributed by atoms with Gasteiger partial charge in [-0.1, -0.05) is 30.8 Å². The van der Waals surface area contributed by atoms with Crippen LogP contribution in [0.4, 0.5) is 0 Å². The van der Waals surface area contributed by atoms with Gasteiger partial charge in [0.05, 0.1) is 27.0 Å². The molecule has 0 saturated carbocycles. The first-order valence-corrected chi connectivity index (χ1v) is 9.72. The van der Waals surface area contributed by atoms with Crippen molar-refractivity contribution in [1.29, 1.82) is 0 Å². The molecule has 0 bridgehead atoms. The third kappa shape index (κ3) is 4.34. The molecule has 0 aliphatic rings. The van der Waals surface area contributed by atoms with E-state index >= 15 is 0 Å². The normalized spacial score (nSPS) is 10.4. The highest BCUT2D eigenvalue weighted by atomic mass is 16.5. The highest BCUT2D eigenvalue weighted by Gasteiger charge is 2.33. The van der Waals surface area contributed by atoms with E-state index in [1.165, 1.54) is 26.0 Å². The molecule has 1 aromatic heterocycles. The minimum Gasteiger partial charge on any atom is -0.493 e. The van der Waals surface area contributed by atoms with Crippen LogP contribution in [0.15, 0.2) is 60.7 Å². The SMILES string of the molecule is C=C(C)COc1c(OC)cccc1-c1nn(-c2ccccc2)c(C(=O)OC)c1C(=O)OC. The molecule has 0 amide bonds. The maximum Gasteiger partial charge on any atom is 0.357 e. The van der Waals surface area contributed by atoms with Crippen molar-refractivity contribution in [2.24, 2.45) is 0 Å². The van der Waals surface area contributed by atoms with Gasteiger partial charge in [-0.2, -0.15) is 5.10 Å². The molecule has 0 N–H and O–H groups in total. The van der Waals surface area contributed by atoms with Gasteiger partial charge in [0.25, 0.3) is 0 Å². The van der Waals surface area contributed by atoms with Crippen molar-refractivity contribution >= 4 is 11.9 Å². The van der Waals surface area contributed by atoms with E-state index in [4.69, 9.17) is 18.9 Å². The van der Waals surface area contributed by atoms with E-state index in [0.29, 0.717) is 22.7 Å². The second kappa shape index (κ2) is 9.82. The lowest BCUT2D eigenvalue weighted by molar-refractivity contribution is 0.0549. The molecule has 8 heteroatoms. The first kappa shape index (κ1) is 22.6. The number of para-hydroxylation sites is 2. The van der Waals surface area contributed by atoms with Gasteiger partial charge in [0, 0.05) is 5.56 Å². The van der Waals surface area contributed by atoms with Crippen LogP contribution < -0.4 is 9.47 Å². The van der Waals surface area contributed by atoms with E-state index in [9.17, 15) is 9.59 Å². The number of carbonyl (C=O) groups excluding carboxylic acids is 2.